The lowest BCUT2D eigenvalue weighted by Crippen LogP contribution is -2.34. The lowest BCUT2D eigenvalue weighted by atomic mass is 10.1. The average molecular weight is 339 g/mol. The zero-order valence-corrected chi connectivity index (χ0v) is 13.3. The van der Waals surface area contributed by atoms with Crippen molar-refractivity contribution < 1.29 is 9.59 Å². The number of benzene rings is 1. The monoisotopic (exact) mass is 338 g/mol. The number of hydrogen-bond donors (Lipinski definition) is 1. The van der Waals surface area contributed by atoms with Crippen molar-refractivity contribution in [3.63, 3.8) is 0 Å². The van der Waals surface area contributed by atoms with E-state index < -0.39 is 0 Å². The van der Waals surface area contributed by atoms with Gasteiger partial charge >= 0.3 is 0 Å². The summed E-state index contributed by atoms with van der Waals surface area (Å²) in [7, 11) is 0. The second-order valence-electron chi connectivity index (χ2n) is 5.52. The van der Waals surface area contributed by atoms with Crippen molar-refractivity contribution in [1.29, 1.82) is 0 Å². The maximum absolute atomic E-state index is 12.0. The molecular formula is C15H19BrN2O2. The molecule has 1 aromatic carbocycles. The van der Waals surface area contributed by atoms with E-state index in [-0.39, 0.29) is 17.7 Å². The quantitative estimate of drug-likeness (QED) is 0.917. The number of halogens is 1. The van der Waals surface area contributed by atoms with Crippen LogP contribution in [0, 0.1) is 11.8 Å². The van der Waals surface area contributed by atoms with Crippen molar-refractivity contribution >= 4 is 33.4 Å². The van der Waals surface area contributed by atoms with Gasteiger partial charge in [0.25, 0.3) is 0 Å². The third kappa shape index (κ3) is 3.60. The Morgan fingerprint density at radius 2 is 2.05 bits per heavy atom. The molecule has 2 amide bonds. The third-order valence-corrected chi connectivity index (χ3v) is 3.85. The summed E-state index contributed by atoms with van der Waals surface area (Å²) in [5.74, 6) is 0.159. The fourth-order valence-corrected chi connectivity index (χ4v) is 2.47. The maximum atomic E-state index is 12.0. The van der Waals surface area contributed by atoms with Crippen LogP contribution in [0.2, 0.25) is 0 Å². The summed E-state index contributed by atoms with van der Waals surface area (Å²) in [5.41, 5.74) is 0.845. The minimum atomic E-state index is -0.245. The van der Waals surface area contributed by atoms with Crippen LogP contribution in [0.4, 0.5) is 5.69 Å². The number of nitrogens with one attached hydrogen (secondary N) is 1. The second-order valence-corrected chi connectivity index (χ2v) is 6.44. The molecule has 2 rings (SSSR count). The van der Waals surface area contributed by atoms with Crippen LogP contribution in [0.5, 0.6) is 0 Å². The summed E-state index contributed by atoms with van der Waals surface area (Å²) in [6.07, 6.45) is 0.292. The zero-order chi connectivity index (χ0) is 14.7. The molecule has 0 unspecified atom stereocenters. The van der Waals surface area contributed by atoms with E-state index in [1.54, 1.807) is 4.90 Å². The highest BCUT2D eigenvalue weighted by atomic mass is 79.9. The van der Waals surface area contributed by atoms with E-state index >= 15 is 0 Å². The first kappa shape index (κ1) is 15.0. The molecule has 108 valence electrons. The summed E-state index contributed by atoms with van der Waals surface area (Å²) >= 11 is 3.37. The first-order valence-corrected chi connectivity index (χ1v) is 7.60. The number of carbonyl (C=O) groups is 2. The minimum Gasteiger partial charge on any atom is -0.356 e. The summed E-state index contributed by atoms with van der Waals surface area (Å²) in [6.45, 7) is 5.22. The van der Waals surface area contributed by atoms with E-state index in [0.29, 0.717) is 25.4 Å². The first-order valence-electron chi connectivity index (χ1n) is 6.81. The van der Waals surface area contributed by atoms with Crippen LogP contribution in [0.3, 0.4) is 0 Å². The fraction of sp³-hybridized carbons (Fsp3) is 0.467. The SMILES string of the molecule is CC(C)CNC(=O)[C@H]1CC(=O)N(c2ccc(Br)cc2)C1. The van der Waals surface area contributed by atoms with Gasteiger partial charge < -0.3 is 10.2 Å². The van der Waals surface area contributed by atoms with Gasteiger partial charge in [-0.25, -0.2) is 0 Å². The molecule has 0 radical (unpaired) electrons. The standard InChI is InChI=1S/C15H19BrN2O2/c1-10(2)8-17-15(20)11-7-14(19)18(9-11)13-5-3-12(16)4-6-13/h3-6,10-11H,7-9H2,1-2H3,(H,17,20)/t11-/m0/s1. The van der Waals surface area contributed by atoms with Crippen molar-refractivity contribution in [1.82, 2.24) is 5.32 Å². The van der Waals surface area contributed by atoms with Gasteiger partial charge in [-0.15, -0.1) is 0 Å². The second kappa shape index (κ2) is 6.39. The summed E-state index contributed by atoms with van der Waals surface area (Å²) in [4.78, 5) is 25.8. The van der Waals surface area contributed by atoms with Gasteiger partial charge in [-0.2, -0.15) is 0 Å². The summed E-state index contributed by atoms with van der Waals surface area (Å²) in [6, 6.07) is 7.57. The van der Waals surface area contributed by atoms with E-state index in [1.807, 2.05) is 38.1 Å². The Balaban J connectivity index is 2.00. The van der Waals surface area contributed by atoms with Gasteiger partial charge in [0.05, 0.1) is 5.92 Å². The van der Waals surface area contributed by atoms with E-state index in [9.17, 15) is 9.59 Å². The van der Waals surface area contributed by atoms with Gasteiger partial charge in [-0.1, -0.05) is 29.8 Å². The van der Waals surface area contributed by atoms with Gasteiger partial charge in [0.15, 0.2) is 0 Å². The van der Waals surface area contributed by atoms with Crippen LogP contribution in [-0.4, -0.2) is 24.9 Å². The molecule has 1 fully saturated rings. The Hall–Kier alpha value is -1.36. The van der Waals surface area contributed by atoms with Crippen LogP contribution < -0.4 is 10.2 Å². The van der Waals surface area contributed by atoms with Crippen LogP contribution in [0.25, 0.3) is 0 Å². The summed E-state index contributed by atoms with van der Waals surface area (Å²) in [5, 5.41) is 2.90. The summed E-state index contributed by atoms with van der Waals surface area (Å²) < 4.78 is 0.971. The lowest BCUT2D eigenvalue weighted by molar-refractivity contribution is -0.126. The van der Waals surface area contributed by atoms with Gasteiger partial charge in [0.2, 0.25) is 11.8 Å². The minimum absolute atomic E-state index is 0.0111. The van der Waals surface area contributed by atoms with Gasteiger partial charge in [0, 0.05) is 29.7 Å². The Kier molecular flexibility index (Phi) is 4.81. The van der Waals surface area contributed by atoms with Crippen molar-refractivity contribution in [3.8, 4) is 0 Å². The molecule has 1 N–H and O–H groups in total. The van der Waals surface area contributed by atoms with Crippen LogP contribution in [0.1, 0.15) is 20.3 Å². The van der Waals surface area contributed by atoms with Crippen LogP contribution in [-0.2, 0) is 9.59 Å². The van der Waals surface area contributed by atoms with E-state index in [4.69, 9.17) is 0 Å². The predicted molar refractivity (Wildman–Crippen MR) is 82.4 cm³/mol. The van der Waals surface area contributed by atoms with Gasteiger partial charge in [-0.3, -0.25) is 9.59 Å². The maximum Gasteiger partial charge on any atom is 0.227 e. The highest BCUT2D eigenvalue weighted by molar-refractivity contribution is 9.10. The van der Waals surface area contributed by atoms with E-state index in [1.165, 1.54) is 0 Å². The predicted octanol–water partition coefficient (Wildman–Crippen LogP) is 2.57. The molecule has 1 heterocycles. The molecule has 0 bridgehead atoms. The van der Waals surface area contributed by atoms with E-state index in [2.05, 4.69) is 21.2 Å². The Labute approximate surface area is 127 Å². The van der Waals surface area contributed by atoms with Crippen molar-refractivity contribution in [2.24, 2.45) is 11.8 Å². The number of hydrogen-bond acceptors (Lipinski definition) is 2. The Bertz CT molecular complexity index is 499. The first-order chi connectivity index (χ1) is 9.47. The van der Waals surface area contributed by atoms with Gasteiger partial charge in [0.1, 0.15) is 0 Å². The van der Waals surface area contributed by atoms with E-state index in [0.717, 1.165) is 10.2 Å². The highest BCUT2D eigenvalue weighted by Gasteiger charge is 2.34. The molecule has 1 aliphatic rings. The van der Waals surface area contributed by atoms with Crippen molar-refractivity contribution in [2.75, 3.05) is 18.0 Å². The number of anilines is 1. The Morgan fingerprint density at radius 1 is 1.40 bits per heavy atom. The highest BCUT2D eigenvalue weighted by Crippen LogP contribution is 2.26. The fourth-order valence-electron chi connectivity index (χ4n) is 2.20. The van der Waals surface area contributed by atoms with Gasteiger partial charge in [-0.05, 0) is 30.2 Å². The molecule has 4 nitrogen and oxygen atoms in total. The number of rotatable bonds is 4. The lowest BCUT2D eigenvalue weighted by Gasteiger charge is -2.17. The molecule has 0 saturated carbocycles. The smallest absolute Gasteiger partial charge is 0.227 e. The molecule has 1 saturated heterocycles. The van der Waals surface area contributed by atoms with Crippen LogP contribution in [0.15, 0.2) is 28.7 Å². The zero-order valence-electron chi connectivity index (χ0n) is 11.7. The number of carbonyl (C=O) groups excluding carboxylic acids is 2. The molecule has 0 spiro atoms. The molecule has 20 heavy (non-hydrogen) atoms. The van der Waals surface area contributed by atoms with Crippen molar-refractivity contribution in [2.45, 2.75) is 20.3 Å². The number of amides is 2. The molecule has 1 aliphatic heterocycles. The Morgan fingerprint density at radius 3 is 2.65 bits per heavy atom. The number of nitrogens with zero attached hydrogens (tertiary/aromatic N) is 1. The molecule has 5 heteroatoms. The topological polar surface area (TPSA) is 49.4 Å². The molecule has 0 aromatic heterocycles. The largest absolute Gasteiger partial charge is 0.356 e. The normalized spacial score (nSPS) is 18.7. The van der Waals surface area contributed by atoms with Crippen LogP contribution >= 0.6 is 15.9 Å². The molecular weight excluding hydrogens is 320 g/mol. The molecule has 1 atom stereocenters. The molecule has 1 aromatic rings. The van der Waals surface area contributed by atoms with Crippen molar-refractivity contribution in [3.05, 3.63) is 28.7 Å². The third-order valence-electron chi connectivity index (χ3n) is 3.32. The average Bonchev–Trinajstić information content (AvgIpc) is 2.79. The molecule has 0 aliphatic carbocycles.